The van der Waals surface area contributed by atoms with E-state index in [0.717, 1.165) is 5.56 Å². The summed E-state index contributed by atoms with van der Waals surface area (Å²) in [5.41, 5.74) is 2.09. The van der Waals surface area contributed by atoms with Gasteiger partial charge < -0.3 is 29.5 Å². The van der Waals surface area contributed by atoms with E-state index >= 15 is 0 Å². The lowest BCUT2D eigenvalue weighted by Crippen LogP contribution is -2.04. The van der Waals surface area contributed by atoms with Crippen molar-refractivity contribution in [3.63, 3.8) is 0 Å². The van der Waals surface area contributed by atoms with Gasteiger partial charge in [0, 0.05) is 24.2 Å². The first-order valence-corrected chi connectivity index (χ1v) is 9.90. The van der Waals surface area contributed by atoms with Crippen molar-refractivity contribution in [2.24, 2.45) is 0 Å². The number of ether oxygens (including phenoxy) is 3. The van der Waals surface area contributed by atoms with Crippen molar-refractivity contribution in [3.8, 4) is 17.2 Å². The minimum absolute atomic E-state index is 0.00418. The molecule has 170 valence electrons. The van der Waals surface area contributed by atoms with Crippen LogP contribution in [0.1, 0.15) is 23.1 Å². The third kappa shape index (κ3) is 6.47. The fourth-order valence-corrected chi connectivity index (χ4v) is 3.02. The van der Waals surface area contributed by atoms with E-state index in [1.807, 2.05) is 0 Å². The second-order valence-electron chi connectivity index (χ2n) is 6.71. The lowest BCUT2D eigenvalue weighted by atomic mass is 10.0. The molecule has 2 aromatic carbocycles. The van der Waals surface area contributed by atoms with Crippen LogP contribution in [0.3, 0.4) is 0 Å². The first-order chi connectivity index (χ1) is 15.5. The van der Waals surface area contributed by atoms with Gasteiger partial charge in [-0.15, -0.1) is 0 Å². The Hall–Kier alpha value is -3.55. The van der Waals surface area contributed by atoms with Gasteiger partial charge in [0.25, 0.3) is 0 Å². The average molecular weight is 440 g/mol. The zero-order valence-corrected chi connectivity index (χ0v) is 18.4. The molecule has 0 amide bonds. The third-order valence-corrected chi connectivity index (χ3v) is 4.71. The molecule has 32 heavy (non-hydrogen) atoms. The summed E-state index contributed by atoms with van der Waals surface area (Å²) in [5, 5.41) is 29.2. The van der Waals surface area contributed by atoms with Gasteiger partial charge in [0.1, 0.15) is 11.5 Å². The summed E-state index contributed by atoms with van der Waals surface area (Å²) in [6, 6.07) is 10.4. The molecule has 0 heterocycles. The summed E-state index contributed by atoms with van der Waals surface area (Å²) in [6.07, 6.45) is 5.91. The predicted molar refractivity (Wildman–Crippen MR) is 123 cm³/mol. The van der Waals surface area contributed by atoms with E-state index in [1.54, 1.807) is 55.7 Å². The van der Waals surface area contributed by atoms with Crippen LogP contribution >= 0.6 is 0 Å². The minimum Gasteiger partial charge on any atom is -0.508 e. The van der Waals surface area contributed by atoms with Gasteiger partial charge in [-0.05, 0) is 47.5 Å². The Balaban J connectivity index is 2.26. The fraction of sp³-hybridized carbons (Fsp3) is 0.240. The smallest absolute Gasteiger partial charge is 0.185 e. The van der Waals surface area contributed by atoms with Gasteiger partial charge >= 0.3 is 0 Å². The molecule has 0 spiro atoms. The SMILES string of the molecule is COc1ccc(/C=C/C(=O)/C(CCO)=C(O)/C=C/c2ccc(OC)c(OC)c2)cc1CO. The molecule has 0 atom stereocenters. The number of hydrogen-bond acceptors (Lipinski definition) is 7. The molecule has 0 saturated carbocycles. The van der Waals surface area contributed by atoms with Crippen LogP contribution in [0.25, 0.3) is 12.2 Å². The molecule has 0 aromatic heterocycles. The molecule has 3 N–H and O–H groups in total. The predicted octanol–water partition coefficient (Wildman–Crippen LogP) is 3.69. The molecule has 7 nitrogen and oxygen atoms in total. The third-order valence-electron chi connectivity index (χ3n) is 4.71. The van der Waals surface area contributed by atoms with Gasteiger partial charge in [-0.25, -0.2) is 0 Å². The van der Waals surface area contributed by atoms with Crippen molar-refractivity contribution in [3.05, 3.63) is 76.6 Å². The monoisotopic (exact) mass is 440 g/mol. The molecule has 2 aromatic rings. The Morgan fingerprint density at radius 3 is 2.03 bits per heavy atom. The number of carbonyl (C=O) groups is 1. The zero-order chi connectivity index (χ0) is 23.5. The van der Waals surface area contributed by atoms with Crippen LogP contribution in [0.15, 0.2) is 59.9 Å². The van der Waals surface area contributed by atoms with Gasteiger partial charge in [0.05, 0.1) is 27.9 Å². The topological polar surface area (TPSA) is 105 Å². The van der Waals surface area contributed by atoms with Crippen molar-refractivity contribution >= 4 is 17.9 Å². The minimum atomic E-state index is -0.435. The van der Waals surface area contributed by atoms with Crippen LogP contribution in [0, 0.1) is 0 Å². The number of benzene rings is 2. The summed E-state index contributed by atoms with van der Waals surface area (Å²) in [6.45, 7) is -0.490. The summed E-state index contributed by atoms with van der Waals surface area (Å²) in [4.78, 5) is 12.7. The quantitative estimate of drug-likeness (QED) is 0.278. The molecule has 0 bridgehead atoms. The number of carbonyl (C=O) groups excluding carboxylic acids is 1. The summed E-state index contributed by atoms with van der Waals surface area (Å²) in [7, 11) is 4.58. The van der Waals surface area contributed by atoms with Crippen LogP contribution in [0.4, 0.5) is 0 Å². The second-order valence-corrected chi connectivity index (χ2v) is 6.71. The van der Waals surface area contributed by atoms with Gasteiger partial charge in [-0.3, -0.25) is 4.79 Å². The van der Waals surface area contributed by atoms with E-state index in [9.17, 15) is 20.1 Å². The van der Waals surface area contributed by atoms with E-state index in [1.165, 1.54) is 26.4 Å². The van der Waals surface area contributed by atoms with E-state index in [4.69, 9.17) is 14.2 Å². The number of aliphatic hydroxyl groups is 3. The maximum atomic E-state index is 12.7. The molecular weight excluding hydrogens is 412 g/mol. The van der Waals surface area contributed by atoms with Crippen LogP contribution in [-0.2, 0) is 11.4 Å². The van der Waals surface area contributed by atoms with Gasteiger partial charge in [0.15, 0.2) is 17.3 Å². The Morgan fingerprint density at radius 1 is 0.844 bits per heavy atom. The van der Waals surface area contributed by atoms with E-state index in [2.05, 4.69) is 0 Å². The number of rotatable bonds is 11. The summed E-state index contributed by atoms with van der Waals surface area (Å²) in [5.74, 6) is 0.988. The number of aliphatic hydroxyl groups excluding tert-OH is 3. The maximum Gasteiger partial charge on any atom is 0.185 e. The summed E-state index contributed by atoms with van der Waals surface area (Å²) < 4.78 is 15.6. The zero-order valence-electron chi connectivity index (χ0n) is 18.4. The molecule has 0 radical (unpaired) electrons. The highest BCUT2D eigenvalue weighted by molar-refractivity contribution is 6.07. The van der Waals surface area contributed by atoms with Crippen molar-refractivity contribution in [2.45, 2.75) is 13.0 Å². The normalized spacial score (nSPS) is 12.2. The highest BCUT2D eigenvalue weighted by Gasteiger charge is 2.11. The standard InChI is InChI=1S/C25H28O7/c1-30-23-10-6-17(14-19(23)16-27)4-8-21(28)20(12-13-26)22(29)9-5-18-7-11-24(31-2)25(15-18)32-3/h4-11,14-15,26-27,29H,12-13,16H2,1-3H3/b8-4+,9-5+,22-20-. The number of hydrogen-bond donors (Lipinski definition) is 3. The molecule has 0 saturated heterocycles. The lowest BCUT2D eigenvalue weighted by molar-refractivity contribution is -0.111. The number of allylic oxidation sites excluding steroid dienone is 2. The van der Waals surface area contributed by atoms with Crippen molar-refractivity contribution in [2.75, 3.05) is 27.9 Å². The van der Waals surface area contributed by atoms with Crippen molar-refractivity contribution < 1.29 is 34.3 Å². The van der Waals surface area contributed by atoms with Gasteiger partial charge in [-0.2, -0.15) is 0 Å². The van der Waals surface area contributed by atoms with Gasteiger partial charge in [-0.1, -0.05) is 24.3 Å². The second kappa shape index (κ2) is 12.3. The summed E-state index contributed by atoms with van der Waals surface area (Å²) >= 11 is 0. The van der Waals surface area contributed by atoms with Crippen molar-refractivity contribution in [1.82, 2.24) is 0 Å². The molecule has 2 rings (SSSR count). The van der Waals surface area contributed by atoms with E-state index in [-0.39, 0.29) is 31.0 Å². The van der Waals surface area contributed by atoms with Gasteiger partial charge in [0.2, 0.25) is 0 Å². The van der Waals surface area contributed by atoms with Crippen molar-refractivity contribution in [1.29, 1.82) is 0 Å². The molecule has 0 aliphatic heterocycles. The Bertz CT molecular complexity index is 1020. The highest BCUT2D eigenvalue weighted by Crippen LogP contribution is 2.28. The highest BCUT2D eigenvalue weighted by atomic mass is 16.5. The molecule has 7 heteroatoms. The maximum absolute atomic E-state index is 12.7. The molecule has 0 fully saturated rings. The molecule has 0 aliphatic rings. The number of ketones is 1. The van der Waals surface area contributed by atoms with E-state index in [0.29, 0.717) is 28.4 Å². The average Bonchev–Trinajstić information content (AvgIpc) is 2.83. The lowest BCUT2D eigenvalue weighted by Gasteiger charge is -2.08. The molecule has 0 unspecified atom stereocenters. The number of methoxy groups -OCH3 is 3. The first kappa shape index (κ1) is 24.7. The van der Waals surface area contributed by atoms with Crippen LogP contribution in [0.5, 0.6) is 17.2 Å². The van der Waals surface area contributed by atoms with Crippen LogP contribution < -0.4 is 14.2 Å². The Morgan fingerprint density at radius 2 is 1.44 bits per heavy atom. The Labute approximate surface area is 187 Å². The molecule has 0 aliphatic carbocycles. The first-order valence-electron chi connectivity index (χ1n) is 9.90. The largest absolute Gasteiger partial charge is 0.508 e. The van der Waals surface area contributed by atoms with Crippen LogP contribution in [-0.4, -0.2) is 49.0 Å². The van der Waals surface area contributed by atoms with Crippen LogP contribution in [0.2, 0.25) is 0 Å². The fourth-order valence-electron chi connectivity index (χ4n) is 3.02. The Kier molecular flexibility index (Phi) is 9.53. The van der Waals surface area contributed by atoms with E-state index < -0.39 is 5.78 Å². The molecular formula is C25H28O7.